The summed E-state index contributed by atoms with van der Waals surface area (Å²) in [6, 6.07) is 6.51. The number of fused-ring (bicyclic) bond motifs is 1. The zero-order valence-corrected chi connectivity index (χ0v) is 21.9. The molecule has 0 radical (unpaired) electrons. The summed E-state index contributed by atoms with van der Waals surface area (Å²) < 4.78 is 5.25. The van der Waals surface area contributed by atoms with Crippen LogP contribution < -0.4 is 15.4 Å². The lowest BCUT2D eigenvalue weighted by Crippen LogP contribution is -2.41. The smallest absolute Gasteiger partial charge is 0.224 e. The number of hydrogen-bond donors (Lipinski definition) is 3. The highest BCUT2D eigenvalue weighted by molar-refractivity contribution is 6.35. The Hall–Kier alpha value is -3.05. The van der Waals surface area contributed by atoms with Gasteiger partial charge in [0.25, 0.3) is 0 Å². The van der Waals surface area contributed by atoms with E-state index in [1.165, 1.54) is 0 Å². The van der Waals surface area contributed by atoms with Gasteiger partial charge in [-0.3, -0.25) is 14.4 Å². The first kappa shape index (κ1) is 26.0. The minimum atomic E-state index is -0.793. The zero-order chi connectivity index (χ0) is 26.3. The van der Waals surface area contributed by atoms with Crippen molar-refractivity contribution >= 4 is 40.1 Å². The van der Waals surface area contributed by atoms with Crippen molar-refractivity contribution in [2.24, 2.45) is 17.3 Å². The summed E-state index contributed by atoms with van der Waals surface area (Å²) in [7, 11) is 1.55. The van der Waals surface area contributed by atoms with Gasteiger partial charge in [-0.15, -0.1) is 0 Å². The second kappa shape index (κ2) is 9.78. The first-order valence-electron chi connectivity index (χ1n) is 12.3. The molecule has 1 saturated carbocycles. The van der Waals surface area contributed by atoms with Crippen molar-refractivity contribution in [3.8, 4) is 11.8 Å². The number of benzene rings is 1. The number of halogens is 1. The Labute approximate surface area is 216 Å². The second-order valence-corrected chi connectivity index (χ2v) is 11.8. The molecule has 2 amide bonds. The van der Waals surface area contributed by atoms with Gasteiger partial charge in [0, 0.05) is 35.2 Å². The van der Waals surface area contributed by atoms with Crippen molar-refractivity contribution in [1.29, 1.82) is 5.26 Å². The fourth-order valence-corrected chi connectivity index (χ4v) is 5.40. The van der Waals surface area contributed by atoms with Crippen LogP contribution in [0.15, 0.2) is 18.2 Å². The summed E-state index contributed by atoms with van der Waals surface area (Å²) in [5.74, 6) is -0.936. The molecule has 9 heteroatoms. The molecule has 1 aromatic carbocycles. The van der Waals surface area contributed by atoms with Crippen molar-refractivity contribution in [1.82, 2.24) is 15.6 Å². The predicted octanol–water partition coefficient (Wildman–Crippen LogP) is 4.52. The van der Waals surface area contributed by atoms with Gasteiger partial charge in [-0.2, -0.15) is 5.26 Å². The van der Waals surface area contributed by atoms with Crippen LogP contribution in [0.1, 0.15) is 69.8 Å². The number of ether oxygens (including phenoxy) is 1. The van der Waals surface area contributed by atoms with E-state index in [4.69, 9.17) is 16.3 Å². The number of methoxy groups -OCH3 is 1. The van der Waals surface area contributed by atoms with E-state index in [9.17, 15) is 19.6 Å². The number of H-pyrrole nitrogens is 1. The van der Waals surface area contributed by atoms with Crippen molar-refractivity contribution in [3.05, 3.63) is 28.9 Å². The fourth-order valence-electron chi connectivity index (χ4n) is 5.14. The molecular weight excluding hydrogens is 480 g/mol. The molecule has 2 aromatic rings. The molecule has 1 aliphatic carbocycles. The van der Waals surface area contributed by atoms with Crippen LogP contribution in [-0.2, 0) is 9.59 Å². The number of aromatic amines is 1. The maximum Gasteiger partial charge on any atom is 0.224 e. The van der Waals surface area contributed by atoms with E-state index in [0.29, 0.717) is 34.8 Å². The number of hydrogen-bond acceptors (Lipinski definition) is 5. The summed E-state index contributed by atoms with van der Waals surface area (Å²) in [5.41, 5.74) is 0.691. The number of nitriles is 1. The molecule has 2 aliphatic rings. The first-order chi connectivity index (χ1) is 16.9. The Balaban J connectivity index is 1.47. The van der Waals surface area contributed by atoms with E-state index in [1.807, 2.05) is 20.8 Å². The van der Waals surface area contributed by atoms with Gasteiger partial charge in [0.15, 0.2) is 5.78 Å². The van der Waals surface area contributed by atoms with Crippen LogP contribution in [0.4, 0.5) is 0 Å². The van der Waals surface area contributed by atoms with Gasteiger partial charge < -0.3 is 20.4 Å². The van der Waals surface area contributed by atoms with E-state index in [2.05, 4.69) is 21.7 Å². The van der Waals surface area contributed by atoms with E-state index in [0.717, 1.165) is 18.2 Å². The van der Waals surface area contributed by atoms with Crippen molar-refractivity contribution < 1.29 is 19.1 Å². The zero-order valence-electron chi connectivity index (χ0n) is 21.2. The predicted molar refractivity (Wildman–Crippen MR) is 137 cm³/mol. The number of carbonyl (C=O) groups is 3. The van der Waals surface area contributed by atoms with E-state index in [-0.39, 0.29) is 47.3 Å². The van der Waals surface area contributed by atoms with Crippen LogP contribution in [0.3, 0.4) is 0 Å². The summed E-state index contributed by atoms with van der Waals surface area (Å²) in [4.78, 5) is 41.9. The normalized spacial score (nSPS) is 20.0. The fraction of sp³-hybridized carbons (Fsp3) is 0.556. The van der Waals surface area contributed by atoms with Crippen LogP contribution in [0, 0.1) is 28.6 Å². The summed E-state index contributed by atoms with van der Waals surface area (Å²) in [6.07, 6.45) is 3.37. The molecule has 192 valence electrons. The van der Waals surface area contributed by atoms with E-state index in [1.54, 1.807) is 25.3 Å². The van der Waals surface area contributed by atoms with Gasteiger partial charge in [-0.25, -0.2) is 0 Å². The summed E-state index contributed by atoms with van der Waals surface area (Å²) in [6.45, 7) is 6.02. The van der Waals surface area contributed by atoms with Gasteiger partial charge >= 0.3 is 0 Å². The molecule has 3 N–H and O–H groups in total. The molecule has 1 aliphatic heterocycles. The molecule has 2 fully saturated rings. The van der Waals surface area contributed by atoms with Gasteiger partial charge in [-0.1, -0.05) is 32.4 Å². The number of Topliss-reactive ketones (excluding diaryl/α,β-unsaturated/α-hetero) is 1. The van der Waals surface area contributed by atoms with Gasteiger partial charge in [0.2, 0.25) is 11.8 Å². The van der Waals surface area contributed by atoms with Crippen molar-refractivity contribution in [3.63, 3.8) is 0 Å². The molecule has 8 nitrogen and oxygen atoms in total. The minimum absolute atomic E-state index is 0.0180. The van der Waals surface area contributed by atoms with E-state index >= 15 is 0 Å². The molecule has 1 spiro atoms. The topological polar surface area (TPSA) is 124 Å². The average Bonchev–Trinajstić information content (AvgIpc) is 3.27. The Morgan fingerprint density at radius 1 is 1.31 bits per heavy atom. The Morgan fingerprint density at radius 2 is 2.03 bits per heavy atom. The molecule has 1 saturated heterocycles. The van der Waals surface area contributed by atoms with Crippen LogP contribution in [0.5, 0.6) is 5.75 Å². The number of carbonyl (C=O) groups excluding carboxylic acids is 3. The Bertz CT molecular complexity index is 1230. The number of rotatable bonds is 9. The molecular formula is C27H33ClN4O4. The van der Waals surface area contributed by atoms with Gasteiger partial charge in [0.05, 0.1) is 29.4 Å². The molecule has 0 bridgehead atoms. The van der Waals surface area contributed by atoms with Gasteiger partial charge in [-0.05, 0) is 49.7 Å². The third-order valence-corrected chi connectivity index (χ3v) is 7.39. The molecule has 1 aromatic heterocycles. The average molecular weight is 513 g/mol. The highest BCUT2D eigenvalue weighted by atomic mass is 35.5. The molecule has 0 unspecified atom stereocenters. The number of amides is 2. The third-order valence-electron chi connectivity index (χ3n) is 7.09. The standard InChI is InChI=1S/C27H33ClN4O4/c1-26(2,3)12-17(10-22(33)21-9-15-8-19(36-4)11-20(28)23(15)31-21)24(34)30-18(14-29)7-16-13-27(5-6-27)32-25(16)35/h8-9,11,16-18,31H,5-7,10,12-13H2,1-4H3,(H,30,34)(H,32,35)/t16-,17+,18+/m1/s1. The second-order valence-electron chi connectivity index (χ2n) is 11.4. The largest absolute Gasteiger partial charge is 0.497 e. The van der Waals surface area contributed by atoms with Crippen LogP contribution >= 0.6 is 11.6 Å². The molecule has 36 heavy (non-hydrogen) atoms. The summed E-state index contributed by atoms with van der Waals surface area (Å²) >= 11 is 6.33. The van der Waals surface area contributed by atoms with Gasteiger partial charge in [0.1, 0.15) is 11.8 Å². The number of ketones is 1. The third kappa shape index (κ3) is 5.84. The molecule has 3 atom stereocenters. The lowest BCUT2D eigenvalue weighted by molar-refractivity contribution is -0.127. The Kier molecular flexibility index (Phi) is 7.07. The molecule has 4 rings (SSSR count). The number of nitrogens with one attached hydrogen (secondary N) is 3. The monoisotopic (exact) mass is 512 g/mol. The Morgan fingerprint density at radius 3 is 2.61 bits per heavy atom. The number of nitrogens with zero attached hydrogens (tertiary/aromatic N) is 1. The first-order valence-corrected chi connectivity index (χ1v) is 12.7. The van der Waals surface area contributed by atoms with Crippen molar-refractivity contribution in [2.75, 3.05) is 7.11 Å². The lowest BCUT2D eigenvalue weighted by Gasteiger charge is -2.26. The lowest BCUT2D eigenvalue weighted by atomic mass is 9.81. The van der Waals surface area contributed by atoms with Crippen molar-refractivity contribution in [2.45, 2.75) is 70.9 Å². The maximum absolute atomic E-state index is 13.3. The number of aromatic nitrogens is 1. The SMILES string of the molecule is COc1cc(Cl)c2[nH]c(C(=O)C[C@@H](CC(C)(C)C)C(=O)N[C@H](C#N)C[C@@H]3CC4(CC4)NC3=O)cc2c1. The quantitative estimate of drug-likeness (QED) is 0.426. The van der Waals surface area contributed by atoms with Crippen LogP contribution in [-0.4, -0.2) is 41.3 Å². The molecule has 2 heterocycles. The highest BCUT2D eigenvalue weighted by Crippen LogP contribution is 2.46. The summed E-state index contributed by atoms with van der Waals surface area (Å²) in [5, 5.41) is 16.7. The highest BCUT2D eigenvalue weighted by Gasteiger charge is 2.52. The van der Waals surface area contributed by atoms with Crippen LogP contribution in [0.2, 0.25) is 5.02 Å². The minimum Gasteiger partial charge on any atom is -0.497 e. The van der Waals surface area contributed by atoms with E-state index < -0.39 is 12.0 Å². The maximum atomic E-state index is 13.3. The van der Waals surface area contributed by atoms with Crippen LogP contribution in [0.25, 0.3) is 10.9 Å².